The molecule has 2 aromatic heterocycles. The molecule has 0 saturated heterocycles. The summed E-state index contributed by atoms with van der Waals surface area (Å²) < 4.78 is 34.5. The lowest BCUT2D eigenvalue weighted by Crippen LogP contribution is -2.30. The Balaban J connectivity index is 1.76. The minimum absolute atomic E-state index is 0.0162. The molecule has 6 nitrogen and oxygen atoms in total. The maximum atomic E-state index is 14.9. The maximum absolute atomic E-state index is 14.9. The minimum Gasteiger partial charge on any atom is -0.450 e. The molecule has 0 radical (unpaired) electrons. The van der Waals surface area contributed by atoms with Gasteiger partial charge in [0.25, 0.3) is 5.91 Å². The molecule has 4 aromatic rings. The standard InChI is InChI=1S/C23H17F2N3O3S/c1-11(2)9-17-26-27-23(32-17)28-19(13-5-3-4-6-15(13)25)18-20(29)14-10-12(24)7-8-16(14)31-21(18)22(28)30/h3-8,10-11,19H,9H2,1-2H3/t19-/m1/s1. The lowest BCUT2D eigenvalue weighted by Gasteiger charge is -2.22. The minimum atomic E-state index is -1.11. The highest BCUT2D eigenvalue weighted by Gasteiger charge is 2.46. The summed E-state index contributed by atoms with van der Waals surface area (Å²) in [7, 11) is 0. The number of benzene rings is 2. The molecule has 5 rings (SSSR count). The van der Waals surface area contributed by atoms with Crippen molar-refractivity contribution in [1.29, 1.82) is 0 Å². The molecular formula is C23H17F2N3O3S. The number of rotatable bonds is 4. The number of carbonyl (C=O) groups is 1. The molecule has 0 saturated carbocycles. The molecular weight excluding hydrogens is 436 g/mol. The van der Waals surface area contributed by atoms with Crippen molar-refractivity contribution in [2.24, 2.45) is 5.92 Å². The largest absolute Gasteiger partial charge is 0.450 e. The van der Waals surface area contributed by atoms with Crippen molar-refractivity contribution in [2.75, 3.05) is 4.90 Å². The summed E-state index contributed by atoms with van der Waals surface area (Å²) in [5, 5.41) is 9.25. The summed E-state index contributed by atoms with van der Waals surface area (Å²) in [5.41, 5.74) is -0.436. The molecule has 0 bridgehead atoms. The predicted molar refractivity (Wildman–Crippen MR) is 116 cm³/mol. The SMILES string of the molecule is CC(C)Cc1nnc(N2C(=O)c3oc4ccc(F)cc4c(=O)c3[C@H]2c2ccccc2F)s1. The zero-order valence-corrected chi connectivity index (χ0v) is 18.0. The third-order valence-electron chi connectivity index (χ3n) is 5.28. The molecule has 0 unspecified atom stereocenters. The van der Waals surface area contributed by atoms with Crippen LogP contribution in [-0.4, -0.2) is 16.1 Å². The second-order valence-electron chi connectivity index (χ2n) is 7.99. The van der Waals surface area contributed by atoms with E-state index in [9.17, 15) is 18.4 Å². The van der Waals surface area contributed by atoms with Crippen LogP contribution in [0.1, 0.15) is 46.6 Å². The normalized spacial score (nSPS) is 15.7. The molecule has 9 heteroatoms. The van der Waals surface area contributed by atoms with Gasteiger partial charge in [0.2, 0.25) is 10.9 Å². The number of carbonyl (C=O) groups excluding carboxylic acids is 1. The molecule has 1 aliphatic rings. The zero-order valence-electron chi connectivity index (χ0n) is 17.1. The van der Waals surface area contributed by atoms with Gasteiger partial charge in [-0.3, -0.25) is 14.5 Å². The molecule has 0 aliphatic carbocycles. The number of amides is 1. The van der Waals surface area contributed by atoms with E-state index in [0.717, 1.165) is 17.1 Å². The average molecular weight is 453 g/mol. The van der Waals surface area contributed by atoms with Crippen LogP contribution in [0, 0.1) is 17.6 Å². The van der Waals surface area contributed by atoms with E-state index in [1.54, 1.807) is 6.07 Å². The topological polar surface area (TPSA) is 76.3 Å². The zero-order chi connectivity index (χ0) is 22.6. The van der Waals surface area contributed by atoms with E-state index in [4.69, 9.17) is 4.42 Å². The van der Waals surface area contributed by atoms with Gasteiger partial charge in [-0.25, -0.2) is 8.78 Å². The van der Waals surface area contributed by atoms with Gasteiger partial charge in [0.15, 0.2) is 5.43 Å². The van der Waals surface area contributed by atoms with Crippen LogP contribution >= 0.6 is 11.3 Å². The Hall–Kier alpha value is -3.46. The average Bonchev–Trinajstić information content (AvgIpc) is 3.31. The van der Waals surface area contributed by atoms with Crippen molar-refractivity contribution in [3.63, 3.8) is 0 Å². The Morgan fingerprint density at radius 2 is 1.91 bits per heavy atom. The molecule has 0 fully saturated rings. The molecule has 0 N–H and O–H groups in total. The maximum Gasteiger partial charge on any atom is 0.297 e. The van der Waals surface area contributed by atoms with E-state index in [1.807, 2.05) is 13.8 Å². The Morgan fingerprint density at radius 1 is 1.12 bits per heavy atom. The Kier molecular flexibility index (Phi) is 4.85. The predicted octanol–water partition coefficient (Wildman–Crippen LogP) is 4.87. The highest BCUT2D eigenvalue weighted by Crippen LogP contribution is 2.42. The first-order valence-corrected chi connectivity index (χ1v) is 10.8. The van der Waals surface area contributed by atoms with Crippen LogP contribution in [0.3, 0.4) is 0 Å². The summed E-state index contributed by atoms with van der Waals surface area (Å²) in [6, 6.07) is 8.28. The fraction of sp³-hybridized carbons (Fsp3) is 0.217. The number of aromatic nitrogens is 2. The van der Waals surface area contributed by atoms with Gasteiger partial charge in [-0.15, -0.1) is 10.2 Å². The summed E-state index contributed by atoms with van der Waals surface area (Å²) in [6.45, 7) is 4.07. The highest BCUT2D eigenvalue weighted by atomic mass is 32.1. The fourth-order valence-electron chi connectivity index (χ4n) is 3.91. The molecule has 0 spiro atoms. The number of nitrogens with zero attached hydrogens (tertiary/aromatic N) is 3. The Bertz CT molecular complexity index is 1430. The Morgan fingerprint density at radius 3 is 2.66 bits per heavy atom. The van der Waals surface area contributed by atoms with Crippen molar-refractivity contribution < 1.29 is 18.0 Å². The first-order chi connectivity index (χ1) is 15.3. The van der Waals surface area contributed by atoms with E-state index < -0.39 is 29.0 Å². The number of fused-ring (bicyclic) bond motifs is 2. The van der Waals surface area contributed by atoms with Crippen molar-refractivity contribution >= 4 is 33.3 Å². The third kappa shape index (κ3) is 3.20. The number of anilines is 1. The molecule has 32 heavy (non-hydrogen) atoms. The van der Waals surface area contributed by atoms with Crippen molar-refractivity contribution in [3.8, 4) is 0 Å². The van der Waals surface area contributed by atoms with Gasteiger partial charge >= 0.3 is 0 Å². The molecule has 3 heterocycles. The molecule has 162 valence electrons. The fourth-order valence-corrected chi connectivity index (χ4v) is 4.98. The van der Waals surface area contributed by atoms with Gasteiger partial charge < -0.3 is 4.42 Å². The van der Waals surface area contributed by atoms with E-state index in [2.05, 4.69) is 10.2 Å². The monoisotopic (exact) mass is 453 g/mol. The summed E-state index contributed by atoms with van der Waals surface area (Å²) in [4.78, 5) is 28.0. The second-order valence-corrected chi connectivity index (χ2v) is 9.03. The van der Waals surface area contributed by atoms with Gasteiger partial charge in [-0.2, -0.15) is 0 Å². The van der Waals surface area contributed by atoms with Gasteiger partial charge in [0, 0.05) is 12.0 Å². The molecule has 1 aliphatic heterocycles. The van der Waals surface area contributed by atoms with Crippen LogP contribution in [0.4, 0.5) is 13.9 Å². The Labute approximate surface area is 185 Å². The van der Waals surface area contributed by atoms with Crippen molar-refractivity contribution in [3.05, 3.63) is 86.2 Å². The summed E-state index contributed by atoms with van der Waals surface area (Å²) >= 11 is 1.21. The van der Waals surface area contributed by atoms with Gasteiger partial charge in [-0.05, 0) is 30.2 Å². The van der Waals surface area contributed by atoms with Gasteiger partial charge in [-0.1, -0.05) is 43.4 Å². The molecule has 1 amide bonds. The summed E-state index contributed by atoms with van der Waals surface area (Å²) in [5.74, 6) is -1.70. The first kappa shape index (κ1) is 20.4. The van der Waals surface area contributed by atoms with Crippen LogP contribution in [0.25, 0.3) is 11.0 Å². The van der Waals surface area contributed by atoms with Crippen molar-refractivity contribution in [2.45, 2.75) is 26.3 Å². The number of halogens is 2. The van der Waals surface area contributed by atoms with Crippen LogP contribution in [0.5, 0.6) is 0 Å². The van der Waals surface area contributed by atoms with Crippen LogP contribution in [0.15, 0.2) is 51.7 Å². The number of hydrogen-bond acceptors (Lipinski definition) is 6. The van der Waals surface area contributed by atoms with E-state index in [-0.39, 0.29) is 33.0 Å². The van der Waals surface area contributed by atoms with Crippen LogP contribution in [-0.2, 0) is 6.42 Å². The quantitative estimate of drug-likeness (QED) is 0.441. The lowest BCUT2D eigenvalue weighted by atomic mass is 9.98. The highest BCUT2D eigenvalue weighted by molar-refractivity contribution is 7.15. The van der Waals surface area contributed by atoms with E-state index in [1.165, 1.54) is 40.5 Å². The third-order valence-corrected chi connectivity index (χ3v) is 6.22. The van der Waals surface area contributed by atoms with Gasteiger partial charge in [0.1, 0.15) is 28.3 Å². The van der Waals surface area contributed by atoms with E-state index in [0.29, 0.717) is 12.3 Å². The van der Waals surface area contributed by atoms with Crippen LogP contribution in [0.2, 0.25) is 0 Å². The lowest BCUT2D eigenvalue weighted by molar-refractivity contribution is 0.0970. The van der Waals surface area contributed by atoms with Crippen LogP contribution < -0.4 is 10.3 Å². The second kappa shape index (κ2) is 7.59. The smallest absolute Gasteiger partial charge is 0.297 e. The summed E-state index contributed by atoms with van der Waals surface area (Å²) in [6.07, 6.45) is 0.664. The van der Waals surface area contributed by atoms with Crippen molar-refractivity contribution in [1.82, 2.24) is 10.2 Å². The number of hydrogen-bond donors (Lipinski definition) is 0. The molecule has 2 aromatic carbocycles. The van der Waals surface area contributed by atoms with E-state index >= 15 is 0 Å². The van der Waals surface area contributed by atoms with Gasteiger partial charge in [0.05, 0.1) is 10.9 Å². The molecule has 1 atom stereocenters. The first-order valence-electron chi connectivity index (χ1n) is 10.0.